The van der Waals surface area contributed by atoms with E-state index in [0.717, 1.165) is 6.92 Å². The molecule has 202 valence electrons. The van der Waals surface area contributed by atoms with Crippen molar-refractivity contribution >= 4 is 17.3 Å². The van der Waals surface area contributed by atoms with Gasteiger partial charge in [-0.25, -0.2) is 0 Å². The SMILES string of the molecule is CC(=O)[C@]1(O)Cc2c(O)c3c(c(O)c2[C@@H](O[C@H]2C[C@](C)(N)[C@@H](O)[C@H](C)O2)C1)C(=O)c1c(O)cccc1C3=O. The summed E-state index contributed by atoms with van der Waals surface area (Å²) in [5, 5.41) is 54.5. The minimum absolute atomic E-state index is 0.0131. The molecule has 1 heterocycles. The molecule has 3 aliphatic rings. The molecule has 5 rings (SSSR count). The van der Waals surface area contributed by atoms with Gasteiger partial charge in [0.2, 0.25) is 5.78 Å². The van der Waals surface area contributed by atoms with Crippen LogP contribution in [0.5, 0.6) is 17.2 Å². The molecule has 1 aliphatic heterocycles. The Hall–Kier alpha value is -3.35. The molecule has 7 N–H and O–H groups in total. The summed E-state index contributed by atoms with van der Waals surface area (Å²) in [6.07, 6.45) is -4.86. The molecule has 11 nitrogen and oxygen atoms in total. The number of phenolic OH excluding ortho intramolecular Hbond substituents is 3. The summed E-state index contributed by atoms with van der Waals surface area (Å²) >= 11 is 0. The second kappa shape index (κ2) is 8.58. The number of fused-ring (bicyclic) bond motifs is 3. The van der Waals surface area contributed by atoms with Crippen molar-refractivity contribution < 1.29 is 49.4 Å². The van der Waals surface area contributed by atoms with Crippen LogP contribution in [0.2, 0.25) is 0 Å². The van der Waals surface area contributed by atoms with E-state index in [2.05, 4.69) is 0 Å². The number of hydrogen-bond acceptors (Lipinski definition) is 11. The smallest absolute Gasteiger partial charge is 0.202 e. The van der Waals surface area contributed by atoms with Crippen molar-refractivity contribution in [2.24, 2.45) is 5.73 Å². The van der Waals surface area contributed by atoms with Crippen LogP contribution in [0.3, 0.4) is 0 Å². The summed E-state index contributed by atoms with van der Waals surface area (Å²) in [6.45, 7) is 4.37. The summed E-state index contributed by atoms with van der Waals surface area (Å²) < 4.78 is 11.8. The van der Waals surface area contributed by atoms with Crippen molar-refractivity contribution in [3.63, 3.8) is 0 Å². The van der Waals surface area contributed by atoms with E-state index in [1.807, 2.05) is 0 Å². The predicted octanol–water partition coefficient (Wildman–Crippen LogP) is 1.12. The molecule has 11 heteroatoms. The highest BCUT2D eigenvalue weighted by Crippen LogP contribution is 2.52. The maximum atomic E-state index is 13.4. The number of ketones is 3. The summed E-state index contributed by atoms with van der Waals surface area (Å²) in [7, 11) is 0. The Balaban J connectivity index is 1.68. The van der Waals surface area contributed by atoms with Gasteiger partial charge in [0, 0.05) is 41.5 Å². The Morgan fingerprint density at radius 1 is 1.08 bits per heavy atom. The van der Waals surface area contributed by atoms with Crippen LogP contribution < -0.4 is 5.73 Å². The Morgan fingerprint density at radius 2 is 1.74 bits per heavy atom. The zero-order valence-electron chi connectivity index (χ0n) is 21.0. The van der Waals surface area contributed by atoms with Crippen molar-refractivity contribution in [2.45, 2.75) is 75.8 Å². The monoisotopic (exact) mass is 527 g/mol. The molecule has 0 amide bonds. The highest BCUT2D eigenvalue weighted by Gasteiger charge is 2.50. The lowest BCUT2D eigenvalue weighted by atomic mass is 9.72. The Morgan fingerprint density at radius 3 is 2.37 bits per heavy atom. The minimum Gasteiger partial charge on any atom is -0.507 e. The summed E-state index contributed by atoms with van der Waals surface area (Å²) in [6, 6.07) is 3.90. The Kier molecular flexibility index (Phi) is 5.93. The molecule has 1 saturated heterocycles. The molecule has 2 aromatic carbocycles. The Bertz CT molecular complexity index is 1400. The third-order valence-corrected chi connectivity index (χ3v) is 7.94. The number of rotatable bonds is 3. The van der Waals surface area contributed by atoms with Crippen LogP contribution in [0.15, 0.2) is 18.2 Å². The van der Waals surface area contributed by atoms with E-state index in [1.54, 1.807) is 13.8 Å². The first-order valence-electron chi connectivity index (χ1n) is 12.2. The lowest BCUT2D eigenvalue weighted by Crippen LogP contribution is -2.60. The molecule has 0 radical (unpaired) electrons. The fourth-order valence-corrected chi connectivity index (χ4v) is 5.79. The van der Waals surface area contributed by atoms with Crippen molar-refractivity contribution in [3.8, 4) is 17.2 Å². The average molecular weight is 528 g/mol. The van der Waals surface area contributed by atoms with Crippen molar-refractivity contribution in [3.05, 3.63) is 51.6 Å². The average Bonchev–Trinajstić information content (AvgIpc) is 2.82. The zero-order valence-corrected chi connectivity index (χ0v) is 21.0. The topological polar surface area (TPSA) is 197 Å². The summed E-state index contributed by atoms with van der Waals surface area (Å²) in [5.41, 5.74) is 1.40. The van der Waals surface area contributed by atoms with Gasteiger partial charge in [-0.1, -0.05) is 12.1 Å². The fraction of sp³-hybridized carbons (Fsp3) is 0.444. The van der Waals surface area contributed by atoms with Gasteiger partial charge in [-0.2, -0.15) is 0 Å². The van der Waals surface area contributed by atoms with Crippen LogP contribution in [-0.4, -0.2) is 72.5 Å². The molecule has 38 heavy (non-hydrogen) atoms. The van der Waals surface area contributed by atoms with Crippen LogP contribution in [-0.2, 0) is 20.7 Å². The number of carbonyl (C=O) groups excluding carboxylic acids is 3. The predicted molar refractivity (Wildman–Crippen MR) is 130 cm³/mol. The first kappa shape index (κ1) is 26.3. The van der Waals surface area contributed by atoms with Crippen molar-refractivity contribution in [1.29, 1.82) is 0 Å². The minimum atomic E-state index is -2.03. The lowest BCUT2D eigenvalue weighted by molar-refractivity contribution is -0.258. The number of benzene rings is 2. The van der Waals surface area contributed by atoms with Gasteiger partial charge >= 0.3 is 0 Å². The number of Topliss-reactive ketones (excluding diaryl/α,β-unsaturated/α-hetero) is 1. The molecular formula is C27H29NO10. The maximum absolute atomic E-state index is 13.4. The summed E-state index contributed by atoms with van der Waals surface area (Å²) in [5.74, 6) is -4.14. The lowest BCUT2D eigenvalue weighted by Gasteiger charge is -2.45. The van der Waals surface area contributed by atoms with Crippen LogP contribution in [0, 0.1) is 0 Å². The number of phenols is 3. The quantitative estimate of drug-likeness (QED) is 0.267. The molecule has 0 spiro atoms. The molecule has 0 saturated carbocycles. The molecule has 0 bridgehead atoms. The Labute approximate surface area is 217 Å². The number of carbonyl (C=O) groups is 3. The van der Waals surface area contributed by atoms with E-state index in [4.69, 9.17) is 15.2 Å². The van der Waals surface area contributed by atoms with E-state index in [9.17, 15) is 39.9 Å². The van der Waals surface area contributed by atoms with Crippen LogP contribution >= 0.6 is 0 Å². The van der Waals surface area contributed by atoms with E-state index >= 15 is 0 Å². The zero-order chi connectivity index (χ0) is 27.9. The maximum Gasteiger partial charge on any atom is 0.202 e. The van der Waals surface area contributed by atoms with Gasteiger partial charge in [0.05, 0.1) is 35.0 Å². The van der Waals surface area contributed by atoms with Gasteiger partial charge < -0.3 is 40.7 Å². The second-order valence-corrected chi connectivity index (χ2v) is 10.7. The van der Waals surface area contributed by atoms with E-state index < -0.39 is 87.9 Å². The normalized spacial score (nSPS) is 32.4. The number of hydrogen-bond donors (Lipinski definition) is 6. The molecule has 1 fully saturated rings. The summed E-state index contributed by atoms with van der Waals surface area (Å²) in [4.78, 5) is 39.3. The molecule has 0 unspecified atom stereocenters. The van der Waals surface area contributed by atoms with Gasteiger partial charge in [0.15, 0.2) is 17.9 Å². The van der Waals surface area contributed by atoms with Crippen LogP contribution in [0.4, 0.5) is 0 Å². The number of ether oxygens (including phenoxy) is 2. The largest absolute Gasteiger partial charge is 0.507 e. The highest BCUT2D eigenvalue weighted by atomic mass is 16.7. The molecule has 2 aliphatic carbocycles. The van der Waals surface area contributed by atoms with E-state index in [0.29, 0.717) is 0 Å². The fourth-order valence-electron chi connectivity index (χ4n) is 5.79. The van der Waals surface area contributed by atoms with Gasteiger partial charge in [0.1, 0.15) is 22.8 Å². The first-order valence-corrected chi connectivity index (χ1v) is 12.2. The van der Waals surface area contributed by atoms with Gasteiger partial charge in [0.25, 0.3) is 0 Å². The number of aromatic hydroxyl groups is 3. The van der Waals surface area contributed by atoms with E-state index in [-0.39, 0.29) is 35.1 Å². The highest BCUT2D eigenvalue weighted by molar-refractivity contribution is 6.31. The third-order valence-electron chi connectivity index (χ3n) is 7.94. The van der Waals surface area contributed by atoms with E-state index in [1.165, 1.54) is 18.2 Å². The van der Waals surface area contributed by atoms with Crippen molar-refractivity contribution in [1.82, 2.24) is 0 Å². The number of aliphatic hydroxyl groups is 2. The molecular weight excluding hydrogens is 498 g/mol. The molecule has 0 aromatic heterocycles. The number of aliphatic hydroxyl groups excluding tert-OH is 1. The second-order valence-electron chi connectivity index (χ2n) is 10.7. The molecule has 6 atom stereocenters. The van der Waals surface area contributed by atoms with Gasteiger partial charge in [-0.05, 0) is 26.8 Å². The standard InChI is InChI=1S/C27H29NO10/c1-10-25(35)26(3,28)9-16(37-10)38-15-8-27(36,11(2)29)7-13-18(15)24(34)20-19(22(13)32)21(31)12-5-4-6-14(30)17(12)23(20)33/h4-6,10,15-16,25,30,32,34-36H,7-9,28H2,1-3H3/t10-,15-,16-,25-,26-,27-/m0/s1. The van der Waals surface area contributed by atoms with Gasteiger partial charge in [-0.3, -0.25) is 14.4 Å². The number of nitrogens with two attached hydrogens (primary N) is 1. The third kappa shape index (κ3) is 3.73. The van der Waals surface area contributed by atoms with Crippen molar-refractivity contribution in [2.75, 3.05) is 0 Å². The van der Waals surface area contributed by atoms with Gasteiger partial charge in [-0.15, -0.1) is 0 Å². The van der Waals surface area contributed by atoms with Crippen LogP contribution in [0.25, 0.3) is 0 Å². The first-order chi connectivity index (χ1) is 17.7. The van der Waals surface area contributed by atoms with Crippen LogP contribution in [0.1, 0.15) is 82.7 Å². The molecule has 2 aromatic rings.